The maximum absolute atomic E-state index is 12.9. The molecular formula is C19H11ClF3NO2S. The monoisotopic (exact) mass is 409 g/mol. The molecular weight excluding hydrogens is 399 g/mol. The minimum absolute atomic E-state index is 0.0367. The van der Waals surface area contributed by atoms with Crippen LogP contribution in [0.2, 0.25) is 0 Å². The van der Waals surface area contributed by atoms with Crippen molar-refractivity contribution in [2.45, 2.75) is 6.18 Å². The predicted octanol–water partition coefficient (Wildman–Crippen LogP) is 6.07. The minimum atomic E-state index is -4.57. The number of nitrogens with zero attached hydrogens (tertiary/aromatic N) is 1. The Bertz CT molecular complexity index is 955. The molecule has 3 rings (SSSR count). The third kappa shape index (κ3) is 4.43. The Labute approximate surface area is 162 Å². The number of anilines is 1. The zero-order valence-corrected chi connectivity index (χ0v) is 15.1. The molecule has 0 aromatic heterocycles. The number of imide groups is 1. The Morgan fingerprint density at radius 2 is 1.74 bits per heavy atom. The molecule has 3 nitrogen and oxygen atoms in total. The van der Waals surface area contributed by atoms with E-state index in [4.69, 9.17) is 11.6 Å². The van der Waals surface area contributed by atoms with E-state index in [1.807, 2.05) is 30.3 Å². The molecule has 1 saturated heterocycles. The number of thioether (sulfide) groups is 1. The highest BCUT2D eigenvalue weighted by Gasteiger charge is 2.38. The van der Waals surface area contributed by atoms with Crippen LogP contribution in [0.1, 0.15) is 11.1 Å². The number of allylic oxidation sites excluding steroid dienone is 2. The van der Waals surface area contributed by atoms with E-state index >= 15 is 0 Å². The summed E-state index contributed by atoms with van der Waals surface area (Å²) in [4.78, 5) is 25.4. The minimum Gasteiger partial charge on any atom is -0.268 e. The van der Waals surface area contributed by atoms with Crippen molar-refractivity contribution in [3.8, 4) is 0 Å². The average molecular weight is 410 g/mol. The second-order valence-electron chi connectivity index (χ2n) is 5.51. The first kappa shape index (κ1) is 19.3. The van der Waals surface area contributed by atoms with Crippen LogP contribution in [-0.2, 0) is 11.0 Å². The van der Waals surface area contributed by atoms with Gasteiger partial charge in [-0.2, -0.15) is 13.2 Å². The molecule has 0 aliphatic carbocycles. The molecule has 0 spiro atoms. The van der Waals surface area contributed by atoms with Crippen LogP contribution in [0.25, 0.3) is 6.08 Å². The Hall–Kier alpha value is -2.51. The van der Waals surface area contributed by atoms with E-state index in [0.29, 0.717) is 16.7 Å². The molecule has 8 heteroatoms. The van der Waals surface area contributed by atoms with Gasteiger partial charge in [-0.3, -0.25) is 9.59 Å². The van der Waals surface area contributed by atoms with Crippen LogP contribution < -0.4 is 4.90 Å². The number of halogens is 4. The lowest BCUT2D eigenvalue weighted by atomic mass is 10.2. The van der Waals surface area contributed by atoms with Crippen molar-refractivity contribution >= 4 is 46.3 Å². The lowest BCUT2D eigenvalue weighted by Gasteiger charge is -2.14. The maximum atomic E-state index is 12.9. The molecule has 0 unspecified atom stereocenters. The first-order chi connectivity index (χ1) is 12.8. The van der Waals surface area contributed by atoms with E-state index in [2.05, 4.69) is 0 Å². The highest BCUT2D eigenvalue weighted by atomic mass is 35.5. The molecule has 2 aromatic carbocycles. The first-order valence-electron chi connectivity index (χ1n) is 7.63. The third-order valence-electron chi connectivity index (χ3n) is 3.60. The summed E-state index contributed by atoms with van der Waals surface area (Å²) in [6.07, 6.45) is -1.64. The molecule has 0 atom stereocenters. The fourth-order valence-corrected chi connectivity index (χ4v) is 3.52. The number of hydrogen-bond donors (Lipinski definition) is 0. The molecule has 0 N–H and O–H groups in total. The summed E-state index contributed by atoms with van der Waals surface area (Å²) in [6.45, 7) is 0. The smallest absolute Gasteiger partial charge is 0.268 e. The number of amides is 2. The van der Waals surface area contributed by atoms with E-state index in [1.165, 1.54) is 12.1 Å². The zero-order valence-electron chi connectivity index (χ0n) is 13.5. The van der Waals surface area contributed by atoms with Gasteiger partial charge in [0.2, 0.25) is 0 Å². The molecule has 0 saturated carbocycles. The quantitative estimate of drug-likeness (QED) is 0.577. The molecule has 138 valence electrons. The summed E-state index contributed by atoms with van der Waals surface area (Å²) in [5.41, 5.74) is -0.278. The summed E-state index contributed by atoms with van der Waals surface area (Å²) in [7, 11) is 0. The van der Waals surface area contributed by atoms with Crippen LogP contribution >= 0.6 is 23.4 Å². The number of carbonyl (C=O) groups excluding carboxylic acids is 2. The second kappa shape index (κ2) is 7.62. The van der Waals surface area contributed by atoms with Crippen molar-refractivity contribution in [3.05, 3.63) is 81.7 Å². The van der Waals surface area contributed by atoms with Gasteiger partial charge < -0.3 is 0 Å². The maximum Gasteiger partial charge on any atom is 0.416 e. The fourth-order valence-electron chi connectivity index (χ4n) is 2.39. The third-order valence-corrected chi connectivity index (χ3v) is 4.69. The highest BCUT2D eigenvalue weighted by Crippen LogP contribution is 2.38. The normalized spacial score (nSPS) is 17.1. The predicted molar refractivity (Wildman–Crippen MR) is 100 cm³/mol. The summed E-state index contributed by atoms with van der Waals surface area (Å²) < 4.78 is 38.6. The second-order valence-corrected chi connectivity index (χ2v) is 6.93. The van der Waals surface area contributed by atoms with Crippen molar-refractivity contribution in [3.63, 3.8) is 0 Å². The van der Waals surface area contributed by atoms with Crippen LogP contribution in [0, 0.1) is 0 Å². The number of rotatable bonds is 3. The van der Waals surface area contributed by atoms with Gasteiger partial charge in [0.1, 0.15) is 0 Å². The summed E-state index contributed by atoms with van der Waals surface area (Å²) in [5, 5.41) is -0.467. The van der Waals surface area contributed by atoms with Crippen LogP contribution in [0.4, 0.5) is 23.7 Å². The lowest BCUT2D eigenvalue weighted by Crippen LogP contribution is -2.28. The SMILES string of the molecule is O=C1S/C(=C\C(Cl)=C\c2ccccc2)C(=O)N1c1cccc(C(F)(F)F)c1. The van der Waals surface area contributed by atoms with Gasteiger partial charge in [0.25, 0.3) is 11.1 Å². The van der Waals surface area contributed by atoms with Gasteiger partial charge in [0, 0.05) is 5.03 Å². The van der Waals surface area contributed by atoms with Gasteiger partial charge in [0.05, 0.1) is 16.2 Å². The number of carbonyl (C=O) groups is 2. The van der Waals surface area contributed by atoms with Gasteiger partial charge in [-0.05, 0) is 47.7 Å². The van der Waals surface area contributed by atoms with E-state index in [0.717, 1.165) is 23.8 Å². The van der Waals surface area contributed by atoms with E-state index in [9.17, 15) is 22.8 Å². The van der Waals surface area contributed by atoms with E-state index in [-0.39, 0.29) is 15.6 Å². The number of alkyl halides is 3. The topological polar surface area (TPSA) is 37.4 Å². The lowest BCUT2D eigenvalue weighted by molar-refractivity contribution is -0.137. The Morgan fingerprint density at radius 3 is 2.41 bits per heavy atom. The van der Waals surface area contributed by atoms with Gasteiger partial charge >= 0.3 is 6.18 Å². The molecule has 1 aliphatic heterocycles. The van der Waals surface area contributed by atoms with Gasteiger partial charge in [0.15, 0.2) is 0 Å². The highest BCUT2D eigenvalue weighted by molar-refractivity contribution is 8.18. The van der Waals surface area contributed by atoms with Crippen molar-refractivity contribution in [1.29, 1.82) is 0 Å². The molecule has 27 heavy (non-hydrogen) atoms. The molecule has 2 amide bonds. The van der Waals surface area contributed by atoms with Crippen molar-refractivity contribution in [2.75, 3.05) is 4.90 Å². The Morgan fingerprint density at radius 1 is 1.04 bits per heavy atom. The summed E-state index contributed by atoms with van der Waals surface area (Å²) >= 11 is 6.75. The van der Waals surface area contributed by atoms with Crippen molar-refractivity contribution < 1.29 is 22.8 Å². The van der Waals surface area contributed by atoms with Gasteiger partial charge in [-0.25, -0.2) is 4.90 Å². The van der Waals surface area contributed by atoms with Gasteiger partial charge in [-0.1, -0.05) is 48.0 Å². The average Bonchev–Trinajstić information content (AvgIpc) is 2.88. The van der Waals surface area contributed by atoms with Crippen LogP contribution in [0.3, 0.4) is 0 Å². The Kier molecular flexibility index (Phi) is 5.43. The van der Waals surface area contributed by atoms with Crippen LogP contribution in [0.15, 0.2) is 70.6 Å². The molecule has 1 fully saturated rings. The van der Waals surface area contributed by atoms with Gasteiger partial charge in [-0.15, -0.1) is 0 Å². The molecule has 1 heterocycles. The molecule has 1 aliphatic rings. The van der Waals surface area contributed by atoms with Crippen molar-refractivity contribution in [2.24, 2.45) is 0 Å². The number of hydrogen-bond acceptors (Lipinski definition) is 3. The Balaban J connectivity index is 1.88. The fraction of sp³-hybridized carbons (Fsp3) is 0.0526. The zero-order chi connectivity index (χ0) is 19.6. The summed E-state index contributed by atoms with van der Waals surface area (Å²) in [5.74, 6) is -0.719. The number of benzene rings is 2. The molecule has 0 bridgehead atoms. The molecule has 0 radical (unpaired) electrons. The summed E-state index contributed by atoms with van der Waals surface area (Å²) in [6, 6.07) is 13.2. The van der Waals surface area contributed by atoms with Crippen LogP contribution in [0.5, 0.6) is 0 Å². The van der Waals surface area contributed by atoms with Crippen LogP contribution in [-0.4, -0.2) is 11.1 Å². The standard InChI is InChI=1S/C19H11ClF3NO2S/c20-14(9-12-5-2-1-3-6-12)11-16-17(25)24(18(26)27-16)15-8-4-7-13(10-15)19(21,22)23/h1-11H/b14-9-,16-11-. The molecule has 2 aromatic rings. The van der Waals surface area contributed by atoms with E-state index < -0.39 is 22.9 Å². The van der Waals surface area contributed by atoms with Crippen molar-refractivity contribution in [1.82, 2.24) is 0 Å². The van der Waals surface area contributed by atoms with E-state index in [1.54, 1.807) is 6.08 Å². The first-order valence-corrected chi connectivity index (χ1v) is 8.82. The largest absolute Gasteiger partial charge is 0.416 e.